The molecule has 1 aromatic heterocycles. The van der Waals surface area contributed by atoms with Crippen molar-refractivity contribution in [1.82, 2.24) is 20.4 Å². The van der Waals surface area contributed by atoms with E-state index in [9.17, 15) is 4.79 Å². The summed E-state index contributed by atoms with van der Waals surface area (Å²) in [4.78, 5) is 16.3. The van der Waals surface area contributed by atoms with Crippen LogP contribution < -0.4 is 4.84 Å². The van der Waals surface area contributed by atoms with Crippen LogP contribution in [0, 0.1) is 0 Å². The van der Waals surface area contributed by atoms with Gasteiger partial charge in [0.1, 0.15) is 7.11 Å². The summed E-state index contributed by atoms with van der Waals surface area (Å²) in [6.45, 7) is 0. The van der Waals surface area contributed by atoms with Crippen molar-refractivity contribution < 1.29 is 14.4 Å². The number of carbonyl (C=O) groups is 1. The number of ether oxygens (including phenoxy) is 1. The molecule has 7 nitrogen and oxygen atoms in total. The summed E-state index contributed by atoms with van der Waals surface area (Å²) in [5.74, 6) is 0.154. The molecule has 0 aliphatic heterocycles. The monoisotopic (exact) mass is 186 g/mol. The Labute approximate surface area is 74.6 Å². The van der Waals surface area contributed by atoms with Crippen LogP contribution in [-0.2, 0) is 16.0 Å². The Morgan fingerprint density at radius 2 is 2.31 bits per heavy atom. The summed E-state index contributed by atoms with van der Waals surface area (Å²) in [6, 6.07) is 0. The first kappa shape index (κ1) is 9.43. The van der Waals surface area contributed by atoms with Gasteiger partial charge >= 0.3 is 5.97 Å². The van der Waals surface area contributed by atoms with Crippen molar-refractivity contribution in [2.24, 2.45) is 0 Å². The molecule has 0 bridgehead atoms. The second-order valence-electron chi connectivity index (χ2n) is 2.22. The Kier molecular flexibility index (Phi) is 3.18. The van der Waals surface area contributed by atoms with E-state index in [2.05, 4.69) is 25.0 Å². The molecule has 0 fully saturated rings. The number of carbonyl (C=O) groups excluding carboxylic acids is 1. The lowest BCUT2D eigenvalue weighted by Crippen LogP contribution is -2.10. The van der Waals surface area contributed by atoms with Crippen LogP contribution in [0.1, 0.15) is 12.2 Å². The molecule has 7 heteroatoms. The number of methoxy groups -OCH3 is 1. The summed E-state index contributed by atoms with van der Waals surface area (Å²) in [5.41, 5.74) is 0. The zero-order valence-electron chi connectivity index (χ0n) is 7.43. The maximum Gasteiger partial charge on any atom is 0.305 e. The van der Waals surface area contributed by atoms with Crippen molar-refractivity contribution in [2.75, 3.05) is 14.2 Å². The van der Waals surface area contributed by atoms with E-state index in [1.54, 1.807) is 0 Å². The fourth-order valence-electron chi connectivity index (χ4n) is 0.722. The molecule has 13 heavy (non-hydrogen) atoms. The maximum atomic E-state index is 10.7. The Balaban J connectivity index is 2.41. The van der Waals surface area contributed by atoms with Gasteiger partial charge in [-0.15, -0.1) is 5.10 Å². The van der Waals surface area contributed by atoms with Crippen molar-refractivity contribution in [3.63, 3.8) is 0 Å². The lowest BCUT2D eigenvalue weighted by molar-refractivity contribution is -0.140. The lowest BCUT2D eigenvalue weighted by atomic mass is 10.3. The molecule has 1 aromatic rings. The van der Waals surface area contributed by atoms with Crippen LogP contribution in [0.15, 0.2) is 0 Å². The second kappa shape index (κ2) is 4.39. The van der Waals surface area contributed by atoms with Gasteiger partial charge in [0.25, 0.3) is 0 Å². The lowest BCUT2D eigenvalue weighted by Gasteiger charge is -1.94. The zero-order valence-corrected chi connectivity index (χ0v) is 7.43. The molecule has 0 saturated heterocycles. The molecule has 0 saturated carbocycles. The fraction of sp³-hybridized carbons (Fsp3) is 0.667. The standard InChI is InChI=1S/C6H10N4O3/c1-12-6(11)4-3-5-7-9-10(8-5)13-2/h3-4H2,1-2H3. The molecule has 0 unspecified atom stereocenters. The molecule has 0 aliphatic rings. The summed E-state index contributed by atoms with van der Waals surface area (Å²) in [6.07, 6.45) is 0.641. The third-order valence-corrected chi connectivity index (χ3v) is 1.38. The van der Waals surface area contributed by atoms with Crippen LogP contribution in [0.4, 0.5) is 0 Å². The number of nitrogens with zero attached hydrogens (tertiary/aromatic N) is 4. The van der Waals surface area contributed by atoms with Crippen molar-refractivity contribution in [3.8, 4) is 0 Å². The van der Waals surface area contributed by atoms with Crippen LogP contribution in [0.5, 0.6) is 0 Å². The summed E-state index contributed by atoms with van der Waals surface area (Å²) >= 11 is 0. The Morgan fingerprint density at radius 3 is 2.85 bits per heavy atom. The summed E-state index contributed by atoms with van der Waals surface area (Å²) in [5, 5.41) is 11.0. The van der Waals surface area contributed by atoms with Crippen LogP contribution in [0.25, 0.3) is 0 Å². The van der Waals surface area contributed by atoms with E-state index in [1.165, 1.54) is 14.2 Å². The van der Waals surface area contributed by atoms with Crippen molar-refractivity contribution in [1.29, 1.82) is 0 Å². The molecule has 0 spiro atoms. The molecule has 0 aliphatic carbocycles. The van der Waals surface area contributed by atoms with E-state index in [0.717, 1.165) is 4.96 Å². The average Bonchev–Trinajstić information content (AvgIpc) is 2.61. The first-order valence-electron chi connectivity index (χ1n) is 3.66. The third-order valence-electron chi connectivity index (χ3n) is 1.38. The van der Waals surface area contributed by atoms with E-state index >= 15 is 0 Å². The van der Waals surface area contributed by atoms with Gasteiger partial charge in [-0.2, -0.15) is 0 Å². The highest BCUT2D eigenvalue weighted by molar-refractivity contribution is 5.69. The minimum atomic E-state index is -0.297. The molecule has 1 rings (SSSR count). The largest absolute Gasteiger partial charge is 0.469 e. The van der Waals surface area contributed by atoms with Gasteiger partial charge < -0.3 is 9.57 Å². The average molecular weight is 186 g/mol. The minimum absolute atomic E-state index is 0.242. The molecule has 72 valence electrons. The third kappa shape index (κ3) is 2.69. The number of aryl methyl sites for hydroxylation is 1. The van der Waals surface area contributed by atoms with Gasteiger partial charge in [0, 0.05) is 11.4 Å². The molecule has 1 heterocycles. The highest BCUT2D eigenvalue weighted by Gasteiger charge is 2.06. The number of hydrogen-bond donors (Lipinski definition) is 0. The van der Waals surface area contributed by atoms with Gasteiger partial charge in [-0.25, -0.2) is 0 Å². The van der Waals surface area contributed by atoms with Crippen molar-refractivity contribution >= 4 is 5.97 Å². The second-order valence-corrected chi connectivity index (χ2v) is 2.22. The predicted molar refractivity (Wildman–Crippen MR) is 40.7 cm³/mol. The van der Waals surface area contributed by atoms with Gasteiger partial charge in [-0.3, -0.25) is 4.79 Å². The highest BCUT2D eigenvalue weighted by atomic mass is 16.7. The number of esters is 1. The first-order valence-corrected chi connectivity index (χ1v) is 3.66. The van der Waals surface area contributed by atoms with E-state index in [0.29, 0.717) is 12.2 Å². The molecular weight excluding hydrogens is 176 g/mol. The number of aromatic nitrogens is 4. The van der Waals surface area contributed by atoms with Gasteiger partial charge in [0.05, 0.1) is 13.5 Å². The molecule has 0 aromatic carbocycles. The molecule has 0 radical (unpaired) electrons. The van der Waals surface area contributed by atoms with Gasteiger partial charge in [-0.05, 0) is 5.21 Å². The topological polar surface area (TPSA) is 79.1 Å². The quantitative estimate of drug-likeness (QED) is 0.552. The Hall–Kier alpha value is -1.66. The number of hydrogen-bond acceptors (Lipinski definition) is 6. The van der Waals surface area contributed by atoms with Crippen molar-refractivity contribution in [2.45, 2.75) is 12.8 Å². The van der Waals surface area contributed by atoms with Crippen LogP contribution in [0.2, 0.25) is 0 Å². The minimum Gasteiger partial charge on any atom is -0.469 e. The first-order chi connectivity index (χ1) is 6.26. The van der Waals surface area contributed by atoms with Gasteiger partial charge in [0.2, 0.25) is 0 Å². The zero-order chi connectivity index (χ0) is 9.68. The predicted octanol–water partition coefficient (Wildman–Crippen LogP) is -1.16. The van der Waals surface area contributed by atoms with Crippen LogP contribution in [0.3, 0.4) is 0 Å². The van der Waals surface area contributed by atoms with Crippen LogP contribution in [-0.4, -0.2) is 40.6 Å². The SMILES string of the molecule is COC(=O)CCc1nnn(OC)n1. The van der Waals surface area contributed by atoms with E-state index in [4.69, 9.17) is 0 Å². The Bertz CT molecular complexity index is 285. The summed E-state index contributed by atoms with van der Waals surface area (Å²) < 4.78 is 4.45. The van der Waals surface area contributed by atoms with Crippen molar-refractivity contribution in [3.05, 3.63) is 5.82 Å². The van der Waals surface area contributed by atoms with E-state index < -0.39 is 0 Å². The van der Waals surface area contributed by atoms with Crippen LogP contribution >= 0.6 is 0 Å². The fourth-order valence-corrected chi connectivity index (χ4v) is 0.722. The smallest absolute Gasteiger partial charge is 0.305 e. The maximum absolute atomic E-state index is 10.7. The normalized spacial score (nSPS) is 9.69. The Morgan fingerprint density at radius 1 is 1.54 bits per heavy atom. The summed E-state index contributed by atoms with van der Waals surface area (Å²) in [7, 11) is 2.76. The van der Waals surface area contributed by atoms with Gasteiger partial charge in [-0.1, -0.05) is 5.10 Å². The van der Waals surface area contributed by atoms with E-state index in [1.807, 2.05) is 0 Å². The molecule has 0 amide bonds. The molecular formula is C6H10N4O3. The number of tetrazole rings is 1. The van der Waals surface area contributed by atoms with E-state index in [-0.39, 0.29) is 12.4 Å². The molecule has 0 N–H and O–H groups in total. The molecule has 0 atom stereocenters. The highest BCUT2D eigenvalue weighted by Crippen LogP contribution is 1.94. The van der Waals surface area contributed by atoms with Gasteiger partial charge in [0.15, 0.2) is 5.82 Å². The number of rotatable bonds is 4.